The van der Waals surface area contributed by atoms with E-state index >= 15 is 0 Å². The van der Waals surface area contributed by atoms with Gasteiger partial charge in [0.05, 0.1) is 5.56 Å². The van der Waals surface area contributed by atoms with Crippen molar-refractivity contribution in [1.29, 1.82) is 5.26 Å². The first-order chi connectivity index (χ1) is 14.6. The van der Waals surface area contributed by atoms with Crippen molar-refractivity contribution in [2.24, 2.45) is 0 Å². The molecular weight excluding hydrogens is 411 g/mol. The molecule has 0 aliphatic rings. The molecule has 0 aromatic heterocycles. The Balaban J connectivity index is 2.05. The van der Waals surface area contributed by atoms with Crippen LogP contribution in [0.4, 0.5) is 18.9 Å². The maximum absolute atomic E-state index is 12.8. The number of benzene rings is 2. The van der Waals surface area contributed by atoms with Crippen molar-refractivity contribution < 1.29 is 27.5 Å². The van der Waals surface area contributed by atoms with Crippen molar-refractivity contribution >= 4 is 23.6 Å². The van der Waals surface area contributed by atoms with Gasteiger partial charge in [-0.25, -0.2) is 0 Å². The van der Waals surface area contributed by atoms with Gasteiger partial charge in [0.25, 0.3) is 11.8 Å². The summed E-state index contributed by atoms with van der Waals surface area (Å²) in [6.45, 7) is 3.50. The molecule has 0 saturated carbocycles. The van der Waals surface area contributed by atoms with E-state index in [0.29, 0.717) is 11.3 Å². The Bertz CT molecular complexity index is 1010. The van der Waals surface area contributed by atoms with Crippen molar-refractivity contribution in [2.45, 2.75) is 26.1 Å². The summed E-state index contributed by atoms with van der Waals surface area (Å²) in [5.74, 6) is -0.688. The average molecular weight is 431 g/mol. The molecule has 0 radical (unpaired) electrons. The molecule has 0 spiro atoms. The van der Waals surface area contributed by atoms with E-state index in [2.05, 4.69) is 10.6 Å². The lowest BCUT2D eigenvalue weighted by Crippen LogP contribution is -2.34. The number of anilines is 1. The maximum Gasteiger partial charge on any atom is 0.416 e. The first-order valence-electron chi connectivity index (χ1n) is 9.21. The van der Waals surface area contributed by atoms with E-state index in [-0.39, 0.29) is 29.8 Å². The summed E-state index contributed by atoms with van der Waals surface area (Å²) in [7, 11) is 0. The lowest BCUT2D eigenvalue weighted by Gasteiger charge is -2.10. The monoisotopic (exact) mass is 431 g/mol. The Hall–Kier alpha value is -3.80. The van der Waals surface area contributed by atoms with Gasteiger partial charge < -0.3 is 15.4 Å². The number of alkyl halides is 3. The van der Waals surface area contributed by atoms with Crippen LogP contribution < -0.4 is 15.4 Å². The van der Waals surface area contributed by atoms with Gasteiger partial charge >= 0.3 is 6.18 Å². The Labute approximate surface area is 177 Å². The van der Waals surface area contributed by atoms with Crippen molar-refractivity contribution in [1.82, 2.24) is 5.32 Å². The van der Waals surface area contributed by atoms with Crippen LogP contribution in [0.5, 0.6) is 5.75 Å². The van der Waals surface area contributed by atoms with Gasteiger partial charge in [-0.3, -0.25) is 9.59 Å². The minimum absolute atomic E-state index is 0.00454. The molecule has 9 heteroatoms. The van der Waals surface area contributed by atoms with Gasteiger partial charge in [-0.2, -0.15) is 18.4 Å². The lowest BCUT2D eigenvalue weighted by atomic mass is 10.1. The number of nitrogens with zero attached hydrogens (tertiary/aromatic N) is 1. The van der Waals surface area contributed by atoms with Crippen LogP contribution >= 0.6 is 0 Å². The van der Waals surface area contributed by atoms with E-state index in [0.717, 1.165) is 18.2 Å². The molecule has 6 nitrogen and oxygen atoms in total. The molecule has 0 atom stereocenters. The second-order valence-corrected chi connectivity index (χ2v) is 6.78. The number of hydrogen-bond donors (Lipinski definition) is 2. The van der Waals surface area contributed by atoms with Gasteiger partial charge in [0.2, 0.25) is 0 Å². The standard InChI is InChI=1S/C22H20F3N3O3/c1-14(2)27-20(29)13-31-19-8-6-15(7-9-19)10-16(12-26)21(30)28-18-5-3-4-17(11-18)22(23,24)25/h3-11,14H,13H2,1-2H3,(H,27,29)(H,28,30)/b16-10+. The van der Waals surface area contributed by atoms with Crippen LogP contribution in [-0.4, -0.2) is 24.5 Å². The van der Waals surface area contributed by atoms with E-state index in [9.17, 15) is 28.0 Å². The number of rotatable bonds is 7. The summed E-state index contributed by atoms with van der Waals surface area (Å²) in [6.07, 6.45) is -3.26. The minimum Gasteiger partial charge on any atom is -0.484 e. The maximum atomic E-state index is 12.8. The number of carbonyl (C=O) groups is 2. The number of ether oxygens (including phenoxy) is 1. The minimum atomic E-state index is -4.55. The average Bonchev–Trinajstić information content (AvgIpc) is 2.70. The van der Waals surface area contributed by atoms with Crippen LogP contribution in [0.25, 0.3) is 6.08 Å². The third kappa shape index (κ3) is 7.51. The van der Waals surface area contributed by atoms with E-state index in [1.165, 1.54) is 12.1 Å². The van der Waals surface area contributed by atoms with Gasteiger partial charge in [-0.05, 0) is 55.8 Å². The highest BCUT2D eigenvalue weighted by Gasteiger charge is 2.30. The number of amides is 2. The van der Waals surface area contributed by atoms with Gasteiger partial charge in [0, 0.05) is 11.7 Å². The van der Waals surface area contributed by atoms with E-state index in [4.69, 9.17) is 4.74 Å². The molecule has 2 aromatic rings. The van der Waals surface area contributed by atoms with Gasteiger partial charge in [0.1, 0.15) is 17.4 Å². The first-order valence-corrected chi connectivity index (χ1v) is 9.21. The molecule has 0 heterocycles. The Morgan fingerprint density at radius 3 is 2.42 bits per heavy atom. The van der Waals surface area contributed by atoms with Crippen LogP contribution in [0.15, 0.2) is 54.1 Å². The molecule has 2 aromatic carbocycles. The van der Waals surface area contributed by atoms with Gasteiger partial charge in [0.15, 0.2) is 6.61 Å². The number of carbonyl (C=O) groups excluding carboxylic acids is 2. The summed E-state index contributed by atoms with van der Waals surface area (Å²) in [6, 6.07) is 12.1. The first kappa shape index (κ1) is 23.5. The van der Waals surface area contributed by atoms with Crippen LogP contribution in [0.2, 0.25) is 0 Å². The van der Waals surface area contributed by atoms with Gasteiger partial charge in [-0.1, -0.05) is 18.2 Å². The highest BCUT2D eigenvalue weighted by atomic mass is 19.4. The van der Waals surface area contributed by atoms with Crippen LogP contribution in [0, 0.1) is 11.3 Å². The summed E-state index contributed by atoms with van der Waals surface area (Å²) >= 11 is 0. The van der Waals surface area contributed by atoms with Crippen LogP contribution in [0.1, 0.15) is 25.0 Å². The van der Waals surface area contributed by atoms with E-state index in [1.54, 1.807) is 30.3 Å². The molecule has 2 rings (SSSR count). The number of nitriles is 1. The van der Waals surface area contributed by atoms with Crippen molar-refractivity contribution in [2.75, 3.05) is 11.9 Å². The Morgan fingerprint density at radius 2 is 1.84 bits per heavy atom. The molecule has 0 fully saturated rings. The zero-order chi connectivity index (χ0) is 23.0. The molecule has 0 bridgehead atoms. The highest BCUT2D eigenvalue weighted by Crippen LogP contribution is 2.30. The molecule has 0 saturated heterocycles. The molecule has 0 aliphatic carbocycles. The molecule has 0 aliphatic heterocycles. The largest absolute Gasteiger partial charge is 0.484 e. The van der Waals surface area contributed by atoms with Crippen LogP contribution in [0.3, 0.4) is 0 Å². The summed E-state index contributed by atoms with van der Waals surface area (Å²) in [5, 5.41) is 14.2. The second kappa shape index (κ2) is 10.3. The normalized spacial score (nSPS) is 11.6. The van der Waals surface area contributed by atoms with Crippen LogP contribution in [-0.2, 0) is 15.8 Å². The fraction of sp³-hybridized carbons (Fsp3) is 0.227. The zero-order valence-corrected chi connectivity index (χ0v) is 16.8. The fourth-order valence-corrected chi connectivity index (χ4v) is 2.46. The smallest absolute Gasteiger partial charge is 0.416 e. The second-order valence-electron chi connectivity index (χ2n) is 6.78. The summed E-state index contributed by atoms with van der Waals surface area (Å²) < 4.78 is 43.7. The number of halogens is 3. The topological polar surface area (TPSA) is 91.2 Å². The van der Waals surface area contributed by atoms with Crippen molar-refractivity contribution in [3.63, 3.8) is 0 Å². The third-order valence-electron chi connectivity index (χ3n) is 3.82. The molecular formula is C22H20F3N3O3. The third-order valence-corrected chi connectivity index (χ3v) is 3.82. The predicted octanol–water partition coefficient (Wildman–Crippen LogP) is 4.15. The number of hydrogen-bond acceptors (Lipinski definition) is 4. The zero-order valence-electron chi connectivity index (χ0n) is 16.8. The highest BCUT2D eigenvalue weighted by molar-refractivity contribution is 6.09. The van der Waals surface area contributed by atoms with E-state index in [1.807, 2.05) is 13.8 Å². The molecule has 162 valence electrons. The lowest BCUT2D eigenvalue weighted by molar-refractivity contribution is -0.137. The van der Waals surface area contributed by atoms with E-state index < -0.39 is 17.6 Å². The molecule has 2 amide bonds. The fourth-order valence-electron chi connectivity index (χ4n) is 2.46. The van der Waals surface area contributed by atoms with Crippen molar-refractivity contribution in [3.05, 3.63) is 65.2 Å². The number of nitrogens with one attached hydrogen (secondary N) is 2. The molecule has 31 heavy (non-hydrogen) atoms. The summed E-state index contributed by atoms with van der Waals surface area (Å²) in [5.41, 5.74) is -0.785. The predicted molar refractivity (Wildman–Crippen MR) is 109 cm³/mol. The molecule has 2 N–H and O–H groups in total. The summed E-state index contributed by atoms with van der Waals surface area (Å²) in [4.78, 5) is 23.9. The Kier molecular flexibility index (Phi) is 7.80. The molecule has 0 unspecified atom stereocenters. The SMILES string of the molecule is CC(C)NC(=O)COc1ccc(/C=C(\C#N)C(=O)Nc2cccc(C(F)(F)F)c2)cc1. The van der Waals surface area contributed by atoms with Crippen molar-refractivity contribution in [3.8, 4) is 11.8 Å². The Morgan fingerprint density at radius 1 is 1.16 bits per heavy atom. The van der Waals surface area contributed by atoms with Gasteiger partial charge in [-0.15, -0.1) is 0 Å². The quantitative estimate of drug-likeness (QED) is 0.509.